The number of aryl methyl sites for hydroxylation is 1. The van der Waals surface area contributed by atoms with Crippen molar-refractivity contribution < 1.29 is 18.0 Å². The number of rotatable bonds is 3. The van der Waals surface area contributed by atoms with Gasteiger partial charge in [-0.1, -0.05) is 35.6 Å². The molecule has 0 atom stereocenters. The minimum Gasteiger partial charge on any atom is -0.298 e. The Bertz CT molecular complexity index is 1170. The van der Waals surface area contributed by atoms with E-state index in [4.69, 9.17) is 0 Å². The molecular formula is C19H13F3N4OS. The molecule has 28 heavy (non-hydrogen) atoms. The molecule has 0 aliphatic carbocycles. The number of hydrogen-bond acceptors (Lipinski definition) is 4. The average Bonchev–Trinajstić information content (AvgIpc) is 3.25. The van der Waals surface area contributed by atoms with Crippen molar-refractivity contribution in [2.24, 2.45) is 0 Å². The van der Waals surface area contributed by atoms with E-state index in [1.54, 1.807) is 24.3 Å². The third-order valence-corrected chi connectivity index (χ3v) is 4.98. The quantitative estimate of drug-likeness (QED) is 0.521. The highest BCUT2D eigenvalue weighted by molar-refractivity contribution is 7.22. The summed E-state index contributed by atoms with van der Waals surface area (Å²) in [6.45, 7) is 1.92. The van der Waals surface area contributed by atoms with Gasteiger partial charge in [0.2, 0.25) is 0 Å². The zero-order chi connectivity index (χ0) is 19.9. The normalized spacial score (nSPS) is 11.7. The first-order chi connectivity index (χ1) is 13.3. The van der Waals surface area contributed by atoms with E-state index in [1.807, 2.05) is 19.1 Å². The lowest BCUT2D eigenvalue weighted by Crippen LogP contribution is -2.20. The Hall–Kier alpha value is -3.20. The van der Waals surface area contributed by atoms with Crippen molar-refractivity contribution in [3.8, 4) is 5.69 Å². The third-order valence-electron chi connectivity index (χ3n) is 4.05. The molecule has 0 aliphatic heterocycles. The second kappa shape index (κ2) is 6.75. The van der Waals surface area contributed by atoms with Gasteiger partial charge in [-0.2, -0.15) is 18.3 Å². The molecule has 0 saturated carbocycles. The first-order valence-corrected chi connectivity index (χ1v) is 9.04. The molecule has 1 N–H and O–H groups in total. The van der Waals surface area contributed by atoms with Crippen LogP contribution in [0.1, 0.15) is 21.6 Å². The molecule has 0 saturated heterocycles. The highest BCUT2D eigenvalue weighted by Crippen LogP contribution is 2.34. The summed E-state index contributed by atoms with van der Waals surface area (Å²) in [5.74, 6) is -0.912. The van der Waals surface area contributed by atoms with Crippen molar-refractivity contribution in [1.82, 2.24) is 14.8 Å². The minimum atomic E-state index is -4.76. The average molecular weight is 402 g/mol. The van der Waals surface area contributed by atoms with Gasteiger partial charge in [0, 0.05) is 0 Å². The summed E-state index contributed by atoms with van der Waals surface area (Å²) >= 11 is 1.20. The molecule has 0 bridgehead atoms. The molecular weight excluding hydrogens is 389 g/mol. The number of nitrogens with zero attached hydrogens (tertiary/aromatic N) is 3. The maximum Gasteiger partial charge on any atom is 0.434 e. The van der Waals surface area contributed by atoms with E-state index in [9.17, 15) is 18.0 Å². The van der Waals surface area contributed by atoms with Crippen LogP contribution in [0.4, 0.5) is 18.3 Å². The van der Waals surface area contributed by atoms with Crippen molar-refractivity contribution in [3.63, 3.8) is 0 Å². The molecule has 0 aliphatic rings. The Labute approximate surface area is 161 Å². The van der Waals surface area contributed by atoms with E-state index < -0.39 is 23.3 Å². The second-order valence-electron chi connectivity index (χ2n) is 6.10. The number of hydrogen-bond donors (Lipinski definition) is 1. The second-order valence-corrected chi connectivity index (χ2v) is 7.13. The molecule has 5 nitrogen and oxygen atoms in total. The predicted molar refractivity (Wildman–Crippen MR) is 101 cm³/mol. The Morgan fingerprint density at radius 2 is 1.89 bits per heavy atom. The highest BCUT2D eigenvalue weighted by atomic mass is 32.1. The van der Waals surface area contributed by atoms with Gasteiger partial charge in [0.1, 0.15) is 0 Å². The number of thiazole rings is 1. The summed E-state index contributed by atoms with van der Waals surface area (Å²) in [4.78, 5) is 16.8. The van der Waals surface area contributed by atoms with Crippen LogP contribution in [0.2, 0.25) is 0 Å². The molecule has 2 heterocycles. The highest BCUT2D eigenvalue weighted by Gasteiger charge is 2.40. The summed E-state index contributed by atoms with van der Waals surface area (Å²) in [5, 5.41) is 6.48. The summed E-state index contributed by atoms with van der Waals surface area (Å²) in [7, 11) is 0. The molecule has 2 aromatic carbocycles. The minimum absolute atomic E-state index is 0.212. The number of carbonyl (C=O) groups excluding carboxylic acids is 1. The molecule has 0 fully saturated rings. The number of anilines is 1. The molecule has 0 radical (unpaired) electrons. The van der Waals surface area contributed by atoms with Crippen molar-refractivity contribution in [2.75, 3.05) is 5.32 Å². The van der Waals surface area contributed by atoms with Crippen LogP contribution < -0.4 is 5.32 Å². The molecule has 0 unspecified atom stereocenters. The van der Waals surface area contributed by atoms with Crippen LogP contribution in [-0.4, -0.2) is 20.7 Å². The summed E-state index contributed by atoms with van der Waals surface area (Å²) in [5.41, 5.74) is 0.212. The van der Waals surface area contributed by atoms with Crippen LogP contribution in [0.25, 0.3) is 15.9 Å². The fraction of sp³-hybridized carbons (Fsp3) is 0.105. The number of benzene rings is 2. The standard InChI is InChI=1S/C19H13F3N4OS/c1-11-7-8-14-15(9-11)28-18(24-14)25-17(27)13-10-23-26(16(13)19(20,21)22)12-5-3-2-4-6-12/h2-10H,1H3,(H,24,25,27). The van der Waals surface area contributed by atoms with Crippen LogP contribution in [0, 0.1) is 6.92 Å². The van der Waals surface area contributed by atoms with Gasteiger partial charge in [-0.05, 0) is 36.8 Å². The molecule has 4 rings (SSSR count). The number of alkyl halides is 3. The van der Waals surface area contributed by atoms with Crippen LogP contribution in [0.15, 0.2) is 54.7 Å². The molecule has 0 spiro atoms. The first-order valence-electron chi connectivity index (χ1n) is 8.22. The lowest BCUT2D eigenvalue weighted by atomic mass is 10.2. The summed E-state index contributed by atoms with van der Waals surface area (Å²) < 4.78 is 42.6. The van der Waals surface area contributed by atoms with Gasteiger partial charge in [0.25, 0.3) is 5.91 Å². The Balaban J connectivity index is 1.71. The van der Waals surface area contributed by atoms with Crippen molar-refractivity contribution in [2.45, 2.75) is 13.1 Å². The van der Waals surface area contributed by atoms with E-state index in [2.05, 4.69) is 15.4 Å². The zero-order valence-electron chi connectivity index (χ0n) is 14.5. The zero-order valence-corrected chi connectivity index (χ0v) is 15.3. The molecule has 9 heteroatoms. The molecule has 1 amide bonds. The van der Waals surface area contributed by atoms with Crippen LogP contribution >= 0.6 is 11.3 Å². The van der Waals surface area contributed by atoms with Gasteiger partial charge < -0.3 is 0 Å². The van der Waals surface area contributed by atoms with Crippen molar-refractivity contribution in [1.29, 1.82) is 0 Å². The molecule has 142 valence electrons. The van der Waals surface area contributed by atoms with Gasteiger partial charge in [-0.3, -0.25) is 10.1 Å². The predicted octanol–water partition coefficient (Wildman–Crippen LogP) is 5.06. The lowest BCUT2D eigenvalue weighted by Gasteiger charge is -2.12. The fourth-order valence-electron chi connectivity index (χ4n) is 2.80. The third kappa shape index (κ3) is 3.36. The van der Waals surface area contributed by atoms with E-state index in [0.29, 0.717) is 5.52 Å². The summed E-state index contributed by atoms with van der Waals surface area (Å²) in [6, 6.07) is 13.4. The Morgan fingerprint density at radius 1 is 1.14 bits per heavy atom. The maximum absolute atomic E-state index is 13.7. The molecule has 2 aromatic heterocycles. The van der Waals surface area contributed by atoms with Gasteiger partial charge in [0.15, 0.2) is 10.8 Å². The number of aromatic nitrogens is 3. The van der Waals surface area contributed by atoms with E-state index in [-0.39, 0.29) is 10.8 Å². The van der Waals surface area contributed by atoms with Gasteiger partial charge in [-0.15, -0.1) is 0 Å². The van der Waals surface area contributed by atoms with E-state index in [0.717, 1.165) is 21.1 Å². The van der Waals surface area contributed by atoms with Crippen LogP contribution in [-0.2, 0) is 6.18 Å². The SMILES string of the molecule is Cc1ccc2nc(NC(=O)c3cnn(-c4ccccc4)c3C(F)(F)F)sc2c1. The fourth-order valence-corrected chi connectivity index (χ4v) is 3.76. The van der Waals surface area contributed by atoms with Crippen molar-refractivity contribution in [3.05, 3.63) is 71.5 Å². The number of halogens is 3. The van der Waals surface area contributed by atoms with Gasteiger partial charge in [0.05, 0.1) is 27.7 Å². The van der Waals surface area contributed by atoms with Crippen molar-refractivity contribution >= 4 is 32.6 Å². The summed E-state index contributed by atoms with van der Waals surface area (Å²) in [6.07, 6.45) is -3.84. The first kappa shape index (κ1) is 18.2. The van der Waals surface area contributed by atoms with E-state index in [1.165, 1.54) is 23.5 Å². The number of carbonyl (C=O) groups is 1. The van der Waals surface area contributed by atoms with Crippen LogP contribution in [0.5, 0.6) is 0 Å². The Morgan fingerprint density at radius 3 is 2.61 bits per heavy atom. The molecule has 4 aromatic rings. The number of nitrogens with one attached hydrogen (secondary N) is 1. The number of amides is 1. The van der Waals surface area contributed by atoms with Gasteiger partial charge >= 0.3 is 6.18 Å². The number of para-hydroxylation sites is 1. The van der Waals surface area contributed by atoms with Gasteiger partial charge in [-0.25, -0.2) is 9.67 Å². The topological polar surface area (TPSA) is 59.8 Å². The maximum atomic E-state index is 13.7. The monoisotopic (exact) mass is 402 g/mol. The largest absolute Gasteiger partial charge is 0.434 e. The van der Waals surface area contributed by atoms with Crippen LogP contribution in [0.3, 0.4) is 0 Å². The number of fused-ring (bicyclic) bond motifs is 1. The lowest BCUT2D eigenvalue weighted by molar-refractivity contribution is -0.143. The smallest absolute Gasteiger partial charge is 0.298 e. The Kier molecular flexibility index (Phi) is 4.38. The van der Waals surface area contributed by atoms with E-state index >= 15 is 0 Å².